The lowest BCUT2D eigenvalue weighted by Crippen LogP contribution is -2.56. The lowest BCUT2D eigenvalue weighted by atomic mass is 10.0. The summed E-state index contributed by atoms with van der Waals surface area (Å²) in [6.07, 6.45) is -1.20. The zero-order chi connectivity index (χ0) is 32.2. The lowest BCUT2D eigenvalue weighted by Gasteiger charge is -2.38. The van der Waals surface area contributed by atoms with E-state index in [-0.39, 0.29) is 36.1 Å². The molecule has 1 aromatic carbocycles. The SMILES string of the molecule is COc1nc(Nc2cc(-c3ccc(OC4CCN(C(=O)OC(C)(C)C)CC4(F)F)c(C#N)c3)ncn2)ccc1C(=O)N(C)C. The maximum Gasteiger partial charge on any atom is 0.410 e. The van der Waals surface area contributed by atoms with E-state index in [1.54, 1.807) is 59.1 Å². The van der Waals surface area contributed by atoms with E-state index in [1.165, 1.54) is 30.5 Å². The van der Waals surface area contributed by atoms with Gasteiger partial charge in [-0.2, -0.15) is 10.2 Å². The summed E-state index contributed by atoms with van der Waals surface area (Å²) in [4.78, 5) is 39.9. The minimum atomic E-state index is -3.37. The number of hydrogen-bond donors (Lipinski definition) is 1. The number of halogens is 2. The average Bonchev–Trinajstić information content (AvgIpc) is 2.96. The third kappa shape index (κ3) is 7.47. The Bertz CT molecular complexity index is 1590. The van der Waals surface area contributed by atoms with Crippen LogP contribution in [-0.4, -0.2) is 88.7 Å². The fraction of sp³-hybridized carbons (Fsp3) is 0.400. The number of benzene rings is 1. The van der Waals surface area contributed by atoms with Crippen LogP contribution in [0.1, 0.15) is 43.1 Å². The molecule has 1 aliphatic heterocycles. The highest BCUT2D eigenvalue weighted by Crippen LogP contribution is 2.34. The number of nitrogens with zero attached hydrogens (tertiary/aromatic N) is 6. The Kier molecular flexibility index (Phi) is 9.17. The van der Waals surface area contributed by atoms with E-state index in [0.717, 1.165) is 4.90 Å². The molecule has 1 atom stereocenters. The number of rotatable bonds is 7. The number of ether oxygens (including phenoxy) is 3. The van der Waals surface area contributed by atoms with Crippen molar-refractivity contribution < 1.29 is 32.6 Å². The number of nitriles is 1. The second-order valence-electron chi connectivity index (χ2n) is 11.2. The molecule has 2 amide bonds. The van der Waals surface area contributed by atoms with Crippen molar-refractivity contribution in [1.29, 1.82) is 5.26 Å². The van der Waals surface area contributed by atoms with E-state index in [9.17, 15) is 14.9 Å². The fourth-order valence-corrected chi connectivity index (χ4v) is 4.36. The summed E-state index contributed by atoms with van der Waals surface area (Å²) in [6.45, 7) is 4.14. The molecule has 3 heterocycles. The van der Waals surface area contributed by atoms with Crippen LogP contribution in [0.25, 0.3) is 11.3 Å². The Labute approximate surface area is 253 Å². The van der Waals surface area contributed by atoms with Crippen LogP contribution in [0.3, 0.4) is 0 Å². The van der Waals surface area contributed by atoms with Gasteiger partial charge in [0.1, 0.15) is 40.9 Å². The molecule has 44 heavy (non-hydrogen) atoms. The highest BCUT2D eigenvalue weighted by Gasteiger charge is 2.48. The van der Waals surface area contributed by atoms with Gasteiger partial charge in [0, 0.05) is 38.7 Å². The minimum absolute atomic E-state index is 0.0114. The molecule has 1 aliphatic rings. The summed E-state index contributed by atoms with van der Waals surface area (Å²) >= 11 is 0. The van der Waals surface area contributed by atoms with Crippen LogP contribution in [0.15, 0.2) is 42.7 Å². The van der Waals surface area contributed by atoms with Gasteiger partial charge < -0.3 is 29.3 Å². The van der Waals surface area contributed by atoms with Gasteiger partial charge in [0.05, 0.1) is 24.9 Å². The first-order chi connectivity index (χ1) is 20.7. The number of amides is 2. The topological polar surface area (TPSA) is 143 Å². The molecule has 3 aromatic rings. The molecule has 0 bridgehead atoms. The number of carbonyl (C=O) groups is 2. The Morgan fingerprint density at radius 1 is 1.14 bits per heavy atom. The first-order valence-electron chi connectivity index (χ1n) is 13.6. The van der Waals surface area contributed by atoms with Crippen molar-refractivity contribution in [3.05, 3.63) is 53.9 Å². The third-order valence-electron chi connectivity index (χ3n) is 6.46. The number of piperidine rings is 1. The van der Waals surface area contributed by atoms with Crippen LogP contribution < -0.4 is 14.8 Å². The molecule has 1 saturated heterocycles. The number of alkyl halides is 2. The number of pyridine rings is 1. The Morgan fingerprint density at radius 2 is 1.89 bits per heavy atom. The predicted molar refractivity (Wildman–Crippen MR) is 156 cm³/mol. The molecule has 2 aromatic heterocycles. The number of carbonyl (C=O) groups excluding carboxylic acids is 2. The third-order valence-corrected chi connectivity index (χ3v) is 6.46. The average molecular weight is 610 g/mol. The maximum absolute atomic E-state index is 15.0. The fourth-order valence-electron chi connectivity index (χ4n) is 4.36. The molecular weight excluding hydrogens is 576 g/mol. The van der Waals surface area contributed by atoms with Gasteiger partial charge in [0.15, 0.2) is 6.10 Å². The first-order valence-corrected chi connectivity index (χ1v) is 13.6. The van der Waals surface area contributed by atoms with E-state index < -0.39 is 30.3 Å². The summed E-state index contributed by atoms with van der Waals surface area (Å²) in [5, 5.41) is 12.8. The molecule has 12 nitrogen and oxygen atoms in total. The Morgan fingerprint density at radius 3 is 2.52 bits per heavy atom. The molecule has 0 radical (unpaired) electrons. The Hall–Kier alpha value is -5.06. The Balaban J connectivity index is 1.49. The standard InChI is InChI=1S/C30H33F2N7O5/c1-29(2,3)44-28(41)39-12-11-23(30(31,32)16-39)43-22-9-7-18(13-19(22)15-33)21-14-25(35-17-34-21)36-24-10-8-20(26(37-24)42-6)27(40)38(4)5/h7-10,13-14,17,23H,11-12,16H2,1-6H3,(H,34,35,36,37). The van der Waals surface area contributed by atoms with Crippen molar-refractivity contribution in [3.8, 4) is 29.0 Å². The van der Waals surface area contributed by atoms with Crippen LogP contribution >= 0.6 is 0 Å². The second-order valence-corrected chi connectivity index (χ2v) is 11.2. The molecule has 0 saturated carbocycles. The minimum Gasteiger partial charge on any atom is -0.483 e. The highest BCUT2D eigenvalue weighted by molar-refractivity contribution is 5.96. The van der Waals surface area contributed by atoms with Crippen molar-refractivity contribution >= 4 is 23.6 Å². The van der Waals surface area contributed by atoms with Gasteiger partial charge in [-0.15, -0.1) is 0 Å². The van der Waals surface area contributed by atoms with Crippen molar-refractivity contribution in [2.45, 2.75) is 44.8 Å². The van der Waals surface area contributed by atoms with Crippen LogP contribution in [0, 0.1) is 11.3 Å². The summed E-state index contributed by atoms with van der Waals surface area (Å²) in [5.41, 5.74) is 0.474. The molecule has 4 rings (SSSR count). The number of hydrogen-bond acceptors (Lipinski definition) is 10. The second kappa shape index (κ2) is 12.7. The van der Waals surface area contributed by atoms with Crippen LogP contribution in [0.4, 0.5) is 25.2 Å². The molecular formula is C30H33F2N7O5. The molecule has 0 spiro atoms. The van der Waals surface area contributed by atoms with Gasteiger partial charge in [0.25, 0.3) is 5.91 Å². The van der Waals surface area contributed by atoms with Gasteiger partial charge >= 0.3 is 12.0 Å². The number of likely N-dealkylation sites (tertiary alicyclic amines) is 1. The van der Waals surface area contributed by atoms with Crippen LogP contribution in [-0.2, 0) is 4.74 Å². The van der Waals surface area contributed by atoms with Gasteiger partial charge in [-0.25, -0.2) is 23.5 Å². The first kappa shape index (κ1) is 31.9. The summed E-state index contributed by atoms with van der Waals surface area (Å²) in [5.74, 6) is -2.78. The van der Waals surface area contributed by atoms with Crippen molar-refractivity contribution in [3.63, 3.8) is 0 Å². The van der Waals surface area contributed by atoms with Gasteiger partial charge in [0.2, 0.25) is 5.88 Å². The van der Waals surface area contributed by atoms with Crippen molar-refractivity contribution in [1.82, 2.24) is 24.8 Å². The van der Waals surface area contributed by atoms with E-state index in [0.29, 0.717) is 28.5 Å². The van der Waals surface area contributed by atoms with Gasteiger partial charge in [-0.05, 0) is 51.1 Å². The molecule has 1 fully saturated rings. The monoisotopic (exact) mass is 609 g/mol. The van der Waals surface area contributed by atoms with Gasteiger partial charge in [-0.1, -0.05) is 0 Å². The van der Waals surface area contributed by atoms with E-state index in [4.69, 9.17) is 14.2 Å². The smallest absolute Gasteiger partial charge is 0.410 e. The molecule has 1 N–H and O–H groups in total. The normalized spacial score (nSPS) is 16.0. The largest absolute Gasteiger partial charge is 0.483 e. The zero-order valence-corrected chi connectivity index (χ0v) is 25.2. The predicted octanol–water partition coefficient (Wildman–Crippen LogP) is 4.89. The van der Waals surface area contributed by atoms with Crippen molar-refractivity contribution in [2.75, 3.05) is 39.6 Å². The van der Waals surface area contributed by atoms with Crippen LogP contribution in [0.5, 0.6) is 11.6 Å². The quantitative estimate of drug-likeness (QED) is 0.393. The van der Waals surface area contributed by atoms with E-state index in [1.807, 2.05) is 6.07 Å². The van der Waals surface area contributed by atoms with Gasteiger partial charge in [-0.3, -0.25) is 4.79 Å². The lowest BCUT2D eigenvalue weighted by molar-refractivity contribution is -0.137. The number of nitrogens with one attached hydrogen (secondary N) is 1. The number of anilines is 2. The number of aromatic nitrogens is 3. The zero-order valence-electron chi connectivity index (χ0n) is 25.2. The van der Waals surface area contributed by atoms with E-state index in [2.05, 4.69) is 20.3 Å². The van der Waals surface area contributed by atoms with Crippen LogP contribution in [0.2, 0.25) is 0 Å². The highest BCUT2D eigenvalue weighted by atomic mass is 19.3. The summed E-state index contributed by atoms with van der Waals surface area (Å²) < 4.78 is 46.2. The molecule has 1 unspecified atom stereocenters. The summed E-state index contributed by atoms with van der Waals surface area (Å²) in [6, 6.07) is 11.3. The molecule has 14 heteroatoms. The summed E-state index contributed by atoms with van der Waals surface area (Å²) in [7, 11) is 4.66. The van der Waals surface area contributed by atoms with E-state index >= 15 is 8.78 Å². The van der Waals surface area contributed by atoms with Crippen molar-refractivity contribution in [2.24, 2.45) is 0 Å². The number of methoxy groups -OCH3 is 1. The molecule has 0 aliphatic carbocycles. The maximum atomic E-state index is 15.0. The molecule has 232 valence electrons.